The fraction of sp³-hybridized carbons (Fsp3) is 0.0833. The van der Waals surface area contributed by atoms with Crippen LogP contribution in [0.3, 0.4) is 0 Å². The van der Waals surface area contributed by atoms with E-state index in [1.807, 2.05) is 36.0 Å². The lowest BCUT2D eigenvalue weighted by Crippen LogP contribution is -2.04. The third-order valence-corrected chi connectivity index (χ3v) is 3.31. The minimum atomic E-state index is 0.278. The van der Waals surface area contributed by atoms with Crippen molar-refractivity contribution in [3.05, 3.63) is 40.8 Å². The second-order valence-electron chi connectivity index (χ2n) is 3.77. The number of rotatable bonds is 3. The summed E-state index contributed by atoms with van der Waals surface area (Å²) in [6.45, 7) is 0.686. The van der Waals surface area contributed by atoms with E-state index in [9.17, 15) is 0 Å². The average Bonchev–Trinajstić information content (AvgIpc) is 2.89. The molecule has 0 aliphatic rings. The van der Waals surface area contributed by atoms with Crippen LogP contribution >= 0.6 is 11.3 Å². The Hall–Kier alpha value is -2.21. The van der Waals surface area contributed by atoms with E-state index >= 15 is 0 Å². The van der Waals surface area contributed by atoms with Gasteiger partial charge in [0.1, 0.15) is 5.82 Å². The Balaban J connectivity index is 1.95. The van der Waals surface area contributed by atoms with E-state index in [4.69, 9.17) is 5.73 Å². The third-order valence-electron chi connectivity index (χ3n) is 2.53. The number of aromatic nitrogens is 3. The van der Waals surface area contributed by atoms with Gasteiger partial charge >= 0.3 is 0 Å². The number of thiazole rings is 1. The van der Waals surface area contributed by atoms with Crippen molar-refractivity contribution >= 4 is 34.0 Å². The highest BCUT2D eigenvalue weighted by atomic mass is 32.1. The number of benzene rings is 1. The Bertz CT molecular complexity index is 665. The van der Waals surface area contributed by atoms with Crippen LogP contribution in [-0.4, -0.2) is 15.0 Å². The topological polar surface area (TPSA) is 76.7 Å². The number of para-hydroxylation sites is 1. The van der Waals surface area contributed by atoms with Crippen LogP contribution in [0.2, 0.25) is 0 Å². The number of nitrogens with zero attached hydrogens (tertiary/aromatic N) is 3. The van der Waals surface area contributed by atoms with Crippen LogP contribution < -0.4 is 11.1 Å². The predicted octanol–water partition coefficient (Wildman–Crippen LogP) is 2.28. The molecule has 0 spiro atoms. The zero-order chi connectivity index (χ0) is 12.4. The number of hydrogen-bond donors (Lipinski definition) is 2. The van der Waals surface area contributed by atoms with E-state index < -0.39 is 0 Å². The first-order valence-corrected chi connectivity index (χ1v) is 6.34. The molecule has 2 heterocycles. The largest absolute Gasteiger partial charge is 0.368 e. The van der Waals surface area contributed by atoms with Crippen molar-refractivity contribution in [3.8, 4) is 0 Å². The van der Waals surface area contributed by atoms with E-state index in [0.29, 0.717) is 6.54 Å². The van der Waals surface area contributed by atoms with Crippen LogP contribution in [-0.2, 0) is 6.54 Å². The van der Waals surface area contributed by atoms with Crippen molar-refractivity contribution in [1.29, 1.82) is 0 Å². The van der Waals surface area contributed by atoms with Crippen molar-refractivity contribution in [2.45, 2.75) is 6.54 Å². The lowest BCUT2D eigenvalue weighted by molar-refractivity contribution is 1.13. The van der Waals surface area contributed by atoms with E-state index in [2.05, 4.69) is 20.3 Å². The van der Waals surface area contributed by atoms with Gasteiger partial charge in [-0.3, -0.25) is 4.98 Å². The summed E-state index contributed by atoms with van der Waals surface area (Å²) in [4.78, 5) is 13.6. The summed E-state index contributed by atoms with van der Waals surface area (Å²) in [7, 11) is 0. The first kappa shape index (κ1) is 10.9. The van der Waals surface area contributed by atoms with Crippen LogP contribution in [0.25, 0.3) is 10.9 Å². The summed E-state index contributed by atoms with van der Waals surface area (Å²) in [5, 5.41) is 4.24. The lowest BCUT2D eigenvalue weighted by atomic mass is 10.2. The van der Waals surface area contributed by atoms with Gasteiger partial charge in [0.15, 0.2) is 0 Å². The number of nitrogen functional groups attached to an aromatic ring is 1. The van der Waals surface area contributed by atoms with Crippen molar-refractivity contribution in [1.82, 2.24) is 15.0 Å². The number of hydrogen-bond acceptors (Lipinski definition) is 6. The summed E-state index contributed by atoms with van der Waals surface area (Å²) in [5.41, 5.74) is 8.35. The molecular weight excluding hydrogens is 246 g/mol. The molecule has 0 fully saturated rings. The zero-order valence-electron chi connectivity index (χ0n) is 9.50. The van der Waals surface area contributed by atoms with Gasteiger partial charge in [0.05, 0.1) is 17.6 Å². The van der Waals surface area contributed by atoms with E-state index in [1.54, 1.807) is 11.3 Å². The molecule has 3 aromatic rings. The molecule has 0 unspecified atom stereocenters. The molecule has 3 N–H and O–H groups in total. The molecule has 0 aliphatic heterocycles. The number of nitrogens with two attached hydrogens (primary N) is 1. The van der Waals surface area contributed by atoms with Crippen molar-refractivity contribution in [2.24, 2.45) is 0 Å². The monoisotopic (exact) mass is 257 g/mol. The van der Waals surface area contributed by atoms with Gasteiger partial charge in [-0.15, -0.1) is 11.3 Å². The van der Waals surface area contributed by atoms with Crippen LogP contribution in [0.5, 0.6) is 0 Å². The molecule has 0 saturated carbocycles. The second kappa shape index (κ2) is 4.58. The van der Waals surface area contributed by atoms with Crippen LogP contribution in [0.4, 0.5) is 11.8 Å². The minimum absolute atomic E-state index is 0.278. The predicted molar refractivity (Wildman–Crippen MR) is 73.4 cm³/mol. The maximum atomic E-state index is 5.70. The molecule has 1 aromatic carbocycles. The van der Waals surface area contributed by atoms with Gasteiger partial charge in [0.2, 0.25) is 5.95 Å². The molecule has 0 bridgehead atoms. The molecule has 5 nitrogen and oxygen atoms in total. The first-order chi connectivity index (χ1) is 8.83. The average molecular weight is 257 g/mol. The van der Waals surface area contributed by atoms with Crippen LogP contribution in [0.1, 0.15) is 4.88 Å². The Morgan fingerprint density at radius 3 is 2.94 bits per heavy atom. The maximum absolute atomic E-state index is 5.70. The van der Waals surface area contributed by atoms with E-state index in [0.717, 1.165) is 21.6 Å². The fourth-order valence-corrected chi connectivity index (χ4v) is 2.26. The maximum Gasteiger partial charge on any atom is 0.222 e. The third kappa shape index (κ3) is 2.10. The van der Waals surface area contributed by atoms with E-state index in [1.165, 1.54) is 0 Å². The van der Waals surface area contributed by atoms with Gasteiger partial charge in [0.25, 0.3) is 0 Å². The van der Waals surface area contributed by atoms with Gasteiger partial charge < -0.3 is 11.1 Å². The zero-order valence-corrected chi connectivity index (χ0v) is 10.3. The normalized spacial score (nSPS) is 10.7. The SMILES string of the molecule is Nc1nc(NCc2cncs2)c2ccccc2n1. The molecule has 0 radical (unpaired) electrons. The lowest BCUT2D eigenvalue weighted by Gasteiger charge is -2.08. The van der Waals surface area contributed by atoms with Gasteiger partial charge in [-0.25, -0.2) is 4.98 Å². The smallest absolute Gasteiger partial charge is 0.222 e. The Morgan fingerprint density at radius 1 is 1.22 bits per heavy atom. The van der Waals surface area contributed by atoms with Gasteiger partial charge in [-0.1, -0.05) is 12.1 Å². The number of nitrogens with one attached hydrogen (secondary N) is 1. The first-order valence-electron chi connectivity index (χ1n) is 5.46. The second-order valence-corrected chi connectivity index (χ2v) is 4.74. The molecule has 0 amide bonds. The molecule has 3 rings (SSSR count). The van der Waals surface area contributed by atoms with Gasteiger partial charge in [0, 0.05) is 16.5 Å². The molecule has 0 aliphatic carbocycles. The molecule has 0 saturated heterocycles. The summed E-state index contributed by atoms with van der Waals surface area (Å²) >= 11 is 1.60. The van der Waals surface area contributed by atoms with Crippen LogP contribution in [0, 0.1) is 0 Å². The van der Waals surface area contributed by atoms with Crippen molar-refractivity contribution < 1.29 is 0 Å². The summed E-state index contributed by atoms with van der Waals surface area (Å²) < 4.78 is 0. The molecule has 18 heavy (non-hydrogen) atoms. The Kier molecular flexibility index (Phi) is 2.77. The molecule has 6 heteroatoms. The van der Waals surface area contributed by atoms with Crippen LogP contribution in [0.15, 0.2) is 36.0 Å². The number of anilines is 2. The molecule has 2 aromatic heterocycles. The molecule has 90 valence electrons. The highest BCUT2D eigenvalue weighted by Gasteiger charge is 2.05. The van der Waals surface area contributed by atoms with Crippen molar-refractivity contribution in [2.75, 3.05) is 11.1 Å². The van der Waals surface area contributed by atoms with Gasteiger partial charge in [-0.05, 0) is 12.1 Å². The standard InChI is InChI=1S/C12H11N5S/c13-12-16-10-4-2-1-3-9(10)11(17-12)15-6-8-5-14-7-18-8/h1-5,7H,6H2,(H3,13,15,16,17). The van der Waals surface area contributed by atoms with E-state index in [-0.39, 0.29) is 5.95 Å². The Labute approximate surface area is 108 Å². The highest BCUT2D eigenvalue weighted by molar-refractivity contribution is 7.09. The fourth-order valence-electron chi connectivity index (χ4n) is 1.73. The summed E-state index contributed by atoms with van der Waals surface area (Å²) in [5.74, 6) is 1.03. The number of fused-ring (bicyclic) bond motifs is 1. The quantitative estimate of drug-likeness (QED) is 0.752. The molecule has 0 atom stereocenters. The highest BCUT2D eigenvalue weighted by Crippen LogP contribution is 2.21. The minimum Gasteiger partial charge on any atom is -0.368 e. The summed E-state index contributed by atoms with van der Waals surface area (Å²) in [6.07, 6.45) is 1.84. The molecular formula is C12H11N5S. The van der Waals surface area contributed by atoms with Crippen molar-refractivity contribution in [3.63, 3.8) is 0 Å². The Morgan fingerprint density at radius 2 is 2.11 bits per heavy atom. The van der Waals surface area contributed by atoms with Gasteiger partial charge in [-0.2, -0.15) is 4.98 Å². The summed E-state index contributed by atoms with van der Waals surface area (Å²) in [6, 6.07) is 7.79.